The smallest absolute Gasteiger partial charge is 0.223 e. The Balaban J connectivity index is 1.41. The van der Waals surface area contributed by atoms with E-state index in [0.29, 0.717) is 18.0 Å². The fourth-order valence-corrected chi connectivity index (χ4v) is 4.88. The summed E-state index contributed by atoms with van der Waals surface area (Å²) in [5, 5.41) is 0. The number of ether oxygens (including phenoxy) is 1. The van der Waals surface area contributed by atoms with Gasteiger partial charge in [-0.25, -0.2) is 0 Å². The average Bonchev–Trinajstić information content (AvgIpc) is 2.81. The Hall–Kier alpha value is -1.92. The summed E-state index contributed by atoms with van der Waals surface area (Å²) < 4.78 is 5.13. The number of amides is 1. The summed E-state index contributed by atoms with van der Waals surface area (Å²) in [4.78, 5) is 32.3. The lowest BCUT2D eigenvalue weighted by Gasteiger charge is -2.41. The molecule has 0 radical (unpaired) electrons. The molecule has 1 aromatic carbocycles. The maximum atomic E-state index is 12.8. The molecule has 6 heteroatoms. The third kappa shape index (κ3) is 6.78. The van der Waals surface area contributed by atoms with Crippen LogP contribution in [-0.4, -0.2) is 85.9 Å². The molecular formula is C25H39N3O3. The number of likely N-dealkylation sites (tertiary alicyclic amines) is 2. The highest BCUT2D eigenvalue weighted by atomic mass is 16.5. The van der Waals surface area contributed by atoms with E-state index in [9.17, 15) is 9.59 Å². The van der Waals surface area contributed by atoms with Crippen LogP contribution in [0.2, 0.25) is 0 Å². The van der Waals surface area contributed by atoms with Gasteiger partial charge >= 0.3 is 0 Å². The molecule has 31 heavy (non-hydrogen) atoms. The summed E-state index contributed by atoms with van der Waals surface area (Å²) in [5.74, 6) is 1.41. The second-order valence-corrected chi connectivity index (χ2v) is 9.10. The molecule has 2 aliphatic rings. The minimum Gasteiger partial charge on any atom is -0.497 e. The molecule has 0 aromatic heterocycles. The van der Waals surface area contributed by atoms with E-state index in [0.717, 1.165) is 31.4 Å². The predicted molar refractivity (Wildman–Crippen MR) is 124 cm³/mol. The molecule has 6 nitrogen and oxygen atoms in total. The minimum absolute atomic E-state index is 0.0125. The second kappa shape index (κ2) is 11.6. The Morgan fingerprint density at radius 1 is 1.00 bits per heavy atom. The van der Waals surface area contributed by atoms with Crippen LogP contribution in [0.1, 0.15) is 55.8 Å². The zero-order valence-corrected chi connectivity index (χ0v) is 19.5. The van der Waals surface area contributed by atoms with Crippen LogP contribution in [-0.2, 0) is 4.79 Å². The van der Waals surface area contributed by atoms with Crippen molar-refractivity contribution < 1.29 is 14.3 Å². The first-order chi connectivity index (χ1) is 15.0. The molecule has 0 N–H and O–H groups in total. The van der Waals surface area contributed by atoms with Crippen LogP contribution in [0.4, 0.5) is 0 Å². The monoisotopic (exact) mass is 429 g/mol. The molecule has 2 saturated heterocycles. The quantitative estimate of drug-likeness (QED) is 0.564. The third-order valence-electron chi connectivity index (χ3n) is 7.04. The van der Waals surface area contributed by atoms with Gasteiger partial charge in [0.2, 0.25) is 5.91 Å². The lowest BCUT2D eigenvalue weighted by atomic mass is 9.93. The van der Waals surface area contributed by atoms with E-state index >= 15 is 0 Å². The maximum Gasteiger partial charge on any atom is 0.223 e. The van der Waals surface area contributed by atoms with Crippen LogP contribution in [0.25, 0.3) is 0 Å². The molecule has 1 aromatic rings. The molecule has 172 valence electrons. The number of methoxy groups -OCH3 is 1. The number of carbonyl (C=O) groups excluding carboxylic acids is 2. The number of carbonyl (C=O) groups is 2. The molecule has 0 saturated carbocycles. The molecule has 2 fully saturated rings. The van der Waals surface area contributed by atoms with Gasteiger partial charge in [0.15, 0.2) is 5.78 Å². The van der Waals surface area contributed by atoms with Gasteiger partial charge in [-0.1, -0.05) is 0 Å². The zero-order chi connectivity index (χ0) is 22.2. The fraction of sp³-hybridized carbons (Fsp3) is 0.680. The van der Waals surface area contributed by atoms with Crippen molar-refractivity contribution in [3.8, 4) is 5.75 Å². The highest BCUT2D eigenvalue weighted by molar-refractivity contribution is 5.98. The Labute approximate surface area is 187 Å². The van der Waals surface area contributed by atoms with Crippen molar-refractivity contribution in [2.45, 2.75) is 51.5 Å². The number of ketones is 1. The van der Waals surface area contributed by atoms with Crippen LogP contribution < -0.4 is 4.74 Å². The minimum atomic E-state index is 0.0125. The van der Waals surface area contributed by atoms with E-state index in [1.165, 1.54) is 38.8 Å². The van der Waals surface area contributed by atoms with Crippen LogP contribution in [0.5, 0.6) is 5.75 Å². The van der Waals surface area contributed by atoms with Crippen molar-refractivity contribution in [3.63, 3.8) is 0 Å². The molecule has 0 unspecified atom stereocenters. The summed E-state index contributed by atoms with van der Waals surface area (Å²) in [7, 11) is 3.82. The molecule has 2 aliphatic heterocycles. The molecule has 2 heterocycles. The zero-order valence-electron chi connectivity index (χ0n) is 19.5. The summed E-state index contributed by atoms with van der Waals surface area (Å²) in [5.41, 5.74) is 0.637. The van der Waals surface area contributed by atoms with E-state index in [-0.39, 0.29) is 24.5 Å². The molecular weight excluding hydrogens is 390 g/mol. The van der Waals surface area contributed by atoms with Crippen LogP contribution in [0.15, 0.2) is 24.3 Å². The van der Waals surface area contributed by atoms with E-state index in [4.69, 9.17) is 4.74 Å². The molecule has 0 bridgehead atoms. The Morgan fingerprint density at radius 3 is 2.23 bits per heavy atom. The van der Waals surface area contributed by atoms with E-state index < -0.39 is 0 Å². The van der Waals surface area contributed by atoms with Gasteiger partial charge in [0.25, 0.3) is 0 Å². The van der Waals surface area contributed by atoms with E-state index in [1.807, 2.05) is 11.8 Å². The lowest BCUT2D eigenvalue weighted by Crippen LogP contribution is -2.48. The van der Waals surface area contributed by atoms with Gasteiger partial charge in [-0.2, -0.15) is 0 Å². The topological polar surface area (TPSA) is 53.1 Å². The Kier molecular flexibility index (Phi) is 8.90. The SMILES string of the molecule is CCN(CC1CCN(C2CCN(C)CC2)CC1)C(=O)CCC(=O)c1ccc(OC)cc1. The highest BCUT2D eigenvalue weighted by Crippen LogP contribution is 2.24. The number of rotatable bonds is 9. The fourth-order valence-electron chi connectivity index (χ4n) is 4.88. The number of piperidine rings is 2. The number of hydrogen-bond donors (Lipinski definition) is 0. The van der Waals surface area contributed by atoms with Crippen LogP contribution in [0.3, 0.4) is 0 Å². The van der Waals surface area contributed by atoms with Gasteiger partial charge in [0, 0.05) is 37.5 Å². The van der Waals surface area contributed by atoms with Gasteiger partial charge in [-0.15, -0.1) is 0 Å². The number of Topliss-reactive ketones (excluding diaryl/α,β-unsaturated/α-hetero) is 1. The highest BCUT2D eigenvalue weighted by Gasteiger charge is 2.28. The number of benzene rings is 1. The summed E-state index contributed by atoms with van der Waals surface area (Å²) in [6.45, 7) is 8.30. The van der Waals surface area contributed by atoms with Gasteiger partial charge in [0.1, 0.15) is 5.75 Å². The van der Waals surface area contributed by atoms with E-state index in [2.05, 4.69) is 16.8 Å². The van der Waals surface area contributed by atoms with Gasteiger partial charge < -0.3 is 19.4 Å². The van der Waals surface area contributed by atoms with Crippen molar-refractivity contribution in [2.24, 2.45) is 5.92 Å². The maximum absolute atomic E-state index is 12.8. The van der Waals surface area contributed by atoms with Crippen molar-refractivity contribution in [3.05, 3.63) is 29.8 Å². The molecule has 0 spiro atoms. The first kappa shape index (κ1) is 23.7. The molecule has 3 rings (SSSR count). The molecule has 0 aliphatic carbocycles. The normalized spacial score (nSPS) is 19.3. The van der Waals surface area contributed by atoms with Crippen molar-refractivity contribution in [1.29, 1.82) is 0 Å². The standard InChI is InChI=1S/C25H39N3O3/c1-4-27(25(30)10-9-24(29)21-5-7-23(31-3)8-6-21)19-20-11-17-28(18-12-20)22-13-15-26(2)16-14-22/h5-8,20,22H,4,9-19H2,1-3H3. The Morgan fingerprint density at radius 2 is 1.65 bits per heavy atom. The third-order valence-corrected chi connectivity index (χ3v) is 7.04. The Bertz CT molecular complexity index is 705. The van der Waals surface area contributed by atoms with Gasteiger partial charge in [-0.3, -0.25) is 9.59 Å². The summed E-state index contributed by atoms with van der Waals surface area (Å²) in [6.07, 6.45) is 5.44. The summed E-state index contributed by atoms with van der Waals surface area (Å²) in [6, 6.07) is 7.84. The van der Waals surface area contributed by atoms with Crippen molar-refractivity contribution in [1.82, 2.24) is 14.7 Å². The van der Waals surface area contributed by atoms with Gasteiger partial charge in [-0.05, 0) is 96.0 Å². The van der Waals surface area contributed by atoms with E-state index in [1.54, 1.807) is 31.4 Å². The van der Waals surface area contributed by atoms with Crippen molar-refractivity contribution >= 4 is 11.7 Å². The van der Waals surface area contributed by atoms with Gasteiger partial charge in [0.05, 0.1) is 7.11 Å². The number of hydrogen-bond acceptors (Lipinski definition) is 5. The first-order valence-electron chi connectivity index (χ1n) is 11.9. The van der Waals surface area contributed by atoms with Crippen LogP contribution >= 0.6 is 0 Å². The van der Waals surface area contributed by atoms with Crippen LogP contribution in [0, 0.1) is 5.92 Å². The summed E-state index contributed by atoms with van der Waals surface area (Å²) >= 11 is 0. The second-order valence-electron chi connectivity index (χ2n) is 9.10. The van der Waals surface area contributed by atoms with Crippen molar-refractivity contribution in [2.75, 3.05) is 53.4 Å². The largest absolute Gasteiger partial charge is 0.497 e. The molecule has 0 atom stereocenters. The molecule has 1 amide bonds. The first-order valence-corrected chi connectivity index (χ1v) is 11.9. The lowest BCUT2D eigenvalue weighted by molar-refractivity contribution is -0.131. The predicted octanol–water partition coefficient (Wildman–Crippen LogP) is 3.31. The average molecular weight is 430 g/mol. The number of nitrogens with zero attached hydrogens (tertiary/aromatic N) is 3.